The number of carbonyl (C=O) groups is 1. The zero-order valence-electron chi connectivity index (χ0n) is 14.5. The largest absolute Gasteiger partial charge is 0.495 e. The predicted molar refractivity (Wildman–Crippen MR) is 95.9 cm³/mol. The highest BCUT2D eigenvalue weighted by Gasteiger charge is 2.20. The van der Waals surface area contributed by atoms with E-state index in [4.69, 9.17) is 4.74 Å². The first kappa shape index (κ1) is 19.0. The summed E-state index contributed by atoms with van der Waals surface area (Å²) >= 11 is 0. The van der Waals surface area contributed by atoms with Gasteiger partial charge in [0.15, 0.2) is 0 Å². The van der Waals surface area contributed by atoms with Gasteiger partial charge in [-0.3, -0.25) is 4.79 Å². The second-order valence-electron chi connectivity index (χ2n) is 5.74. The first-order valence-corrected chi connectivity index (χ1v) is 9.26. The van der Waals surface area contributed by atoms with E-state index in [1.165, 1.54) is 13.2 Å². The summed E-state index contributed by atoms with van der Waals surface area (Å²) < 4.78 is 32.2. The Morgan fingerprint density at radius 1 is 1.08 bits per heavy atom. The highest BCUT2D eigenvalue weighted by Crippen LogP contribution is 2.24. The van der Waals surface area contributed by atoms with Crippen LogP contribution >= 0.6 is 0 Å². The molecule has 0 fully saturated rings. The van der Waals surface area contributed by atoms with Crippen molar-refractivity contribution in [3.63, 3.8) is 0 Å². The lowest BCUT2D eigenvalue weighted by molar-refractivity contribution is -0.120. The summed E-state index contributed by atoms with van der Waals surface area (Å²) in [5, 5.41) is 2.69. The van der Waals surface area contributed by atoms with E-state index in [9.17, 15) is 13.2 Å². The third-order valence-electron chi connectivity index (χ3n) is 3.60. The lowest BCUT2D eigenvalue weighted by atomic mass is 10.1. The van der Waals surface area contributed by atoms with Crippen molar-refractivity contribution < 1.29 is 17.9 Å². The van der Waals surface area contributed by atoms with Crippen LogP contribution in [0.3, 0.4) is 0 Å². The van der Waals surface area contributed by atoms with Crippen molar-refractivity contribution in [2.75, 3.05) is 13.7 Å². The van der Waals surface area contributed by atoms with E-state index in [1.807, 2.05) is 31.2 Å². The zero-order valence-corrected chi connectivity index (χ0v) is 15.3. The summed E-state index contributed by atoms with van der Waals surface area (Å²) in [5.74, 6) is -0.171. The minimum atomic E-state index is -3.85. The number of benzene rings is 2. The molecule has 0 aliphatic heterocycles. The molecule has 0 aliphatic rings. The van der Waals surface area contributed by atoms with Gasteiger partial charge in [0, 0.05) is 6.54 Å². The Morgan fingerprint density at radius 2 is 1.80 bits per heavy atom. The summed E-state index contributed by atoms with van der Waals surface area (Å²) in [6.07, 6.45) is 0. The summed E-state index contributed by atoms with van der Waals surface area (Å²) in [6.45, 7) is 3.75. The van der Waals surface area contributed by atoms with E-state index in [0.29, 0.717) is 6.54 Å². The number of sulfonamides is 1. The minimum absolute atomic E-state index is 0.0153. The van der Waals surface area contributed by atoms with Crippen molar-refractivity contribution in [2.24, 2.45) is 0 Å². The van der Waals surface area contributed by atoms with Gasteiger partial charge >= 0.3 is 0 Å². The third kappa shape index (κ3) is 5.30. The quantitative estimate of drug-likeness (QED) is 0.788. The number of amides is 1. The van der Waals surface area contributed by atoms with E-state index in [1.54, 1.807) is 19.1 Å². The molecular formula is C18H22N2O4S. The molecule has 2 rings (SSSR count). The molecule has 0 saturated heterocycles. The number of aryl methyl sites for hydroxylation is 2. The van der Waals surface area contributed by atoms with Crippen molar-refractivity contribution >= 4 is 15.9 Å². The van der Waals surface area contributed by atoms with Crippen molar-refractivity contribution in [1.82, 2.24) is 10.0 Å². The van der Waals surface area contributed by atoms with Crippen LogP contribution in [-0.4, -0.2) is 28.0 Å². The van der Waals surface area contributed by atoms with Crippen LogP contribution in [0.2, 0.25) is 0 Å². The molecule has 0 heterocycles. The Labute approximate surface area is 148 Å². The van der Waals surface area contributed by atoms with Crippen LogP contribution in [-0.2, 0) is 21.4 Å². The zero-order chi connectivity index (χ0) is 18.4. The molecular weight excluding hydrogens is 340 g/mol. The summed E-state index contributed by atoms with van der Waals surface area (Å²) in [7, 11) is -2.45. The molecule has 134 valence electrons. The lowest BCUT2D eigenvalue weighted by Gasteiger charge is -2.12. The molecule has 0 spiro atoms. The first-order valence-electron chi connectivity index (χ1n) is 7.78. The standard InChI is InChI=1S/C18H22N2O4S/c1-13-5-4-6-15(9-13)11-19-18(21)12-20-25(22,23)17-10-14(2)7-8-16(17)24-3/h4-10,20H,11-12H2,1-3H3,(H,19,21). The maximum Gasteiger partial charge on any atom is 0.244 e. The van der Waals surface area contributed by atoms with Crippen LogP contribution in [0.4, 0.5) is 0 Å². The Kier molecular flexibility index (Phi) is 6.17. The van der Waals surface area contributed by atoms with Gasteiger partial charge in [0.25, 0.3) is 0 Å². The van der Waals surface area contributed by atoms with Crippen molar-refractivity contribution in [2.45, 2.75) is 25.3 Å². The fourth-order valence-electron chi connectivity index (χ4n) is 2.32. The Balaban J connectivity index is 1.97. The molecule has 2 aromatic rings. The third-order valence-corrected chi connectivity index (χ3v) is 5.03. The normalized spacial score (nSPS) is 11.2. The molecule has 2 aromatic carbocycles. The van der Waals surface area contributed by atoms with Gasteiger partial charge in [0.1, 0.15) is 10.6 Å². The summed E-state index contributed by atoms with van der Waals surface area (Å²) in [5.41, 5.74) is 2.83. The smallest absolute Gasteiger partial charge is 0.244 e. The van der Waals surface area contributed by atoms with Crippen LogP contribution in [0.1, 0.15) is 16.7 Å². The Hall–Kier alpha value is -2.38. The van der Waals surface area contributed by atoms with Crippen molar-refractivity contribution in [3.8, 4) is 5.75 Å². The van der Waals surface area contributed by atoms with Gasteiger partial charge in [-0.15, -0.1) is 0 Å². The van der Waals surface area contributed by atoms with Crippen LogP contribution in [0.5, 0.6) is 5.75 Å². The second-order valence-corrected chi connectivity index (χ2v) is 7.48. The number of carbonyl (C=O) groups excluding carboxylic acids is 1. The maximum atomic E-state index is 12.4. The van der Waals surface area contributed by atoms with Gasteiger partial charge in [-0.1, -0.05) is 35.9 Å². The van der Waals surface area contributed by atoms with Gasteiger partial charge in [0.05, 0.1) is 13.7 Å². The molecule has 25 heavy (non-hydrogen) atoms. The van der Waals surface area contributed by atoms with E-state index in [-0.39, 0.29) is 17.2 Å². The van der Waals surface area contributed by atoms with Crippen LogP contribution in [0.25, 0.3) is 0 Å². The van der Waals surface area contributed by atoms with Crippen LogP contribution < -0.4 is 14.8 Å². The Morgan fingerprint density at radius 3 is 2.48 bits per heavy atom. The molecule has 0 aromatic heterocycles. The fraction of sp³-hybridized carbons (Fsp3) is 0.278. The highest BCUT2D eigenvalue weighted by atomic mass is 32.2. The van der Waals surface area contributed by atoms with E-state index in [0.717, 1.165) is 16.7 Å². The van der Waals surface area contributed by atoms with E-state index in [2.05, 4.69) is 10.0 Å². The average molecular weight is 362 g/mol. The van der Waals surface area contributed by atoms with Gasteiger partial charge in [-0.05, 0) is 37.1 Å². The molecule has 7 heteroatoms. The summed E-state index contributed by atoms with van der Waals surface area (Å²) in [6, 6.07) is 12.6. The van der Waals surface area contributed by atoms with Crippen LogP contribution in [0, 0.1) is 13.8 Å². The monoisotopic (exact) mass is 362 g/mol. The average Bonchev–Trinajstić information content (AvgIpc) is 2.58. The maximum absolute atomic E-state index is 12.4. The van der Waals surface area contributed by atoms with Crippen LogP contribution in [0.15, 0.2) is 47.4 Å². The molecule has 1 amide bonds. The minimum Gasteiger partial charge on any atom is -0.495 e. The van der Waals surface area contributed by atoms with Crippen molar-refractivity contribution in [1.29, 1.82) is 0 Å². The fourth-order valence-corrected chi connectivity index (χ4v) is 3.55. The van der Waals surface area contributed by atoms with Gasteiger partial charge in [-0.25, -0.2) is 13.1 Å². The highest BCUT2D eigenvalue weighted by molar-refractivity contribution is 7.89. The summed E-state index contributed by atoms with van der Waals surface area (Å²) in [4.78, 5) is 11.9. The molecule has 0 bridgehead atoms. The molecule has 0 saturated carbocycles. The van der Waals surface area contributed by atoms with Gasteiger partial charge in [-0.2, -0.15) is 0 Å². The molecule has 2 N–H and O–H groups in total. The molecule has 0 unspecified atom stereocenters. The Bertz CT molecular complexity index is 863. The number of nitrogens with one attached hydrogen (secondary N) is 2. The number of hydrogen-bond donors (Lipinski definition) is 2. The molecule has 0 radical (unpaired) electrons. The van der Waals surface area contributed by atoms with Gasteiger partial charge < -0.3 is 10.1 Å². The molecule has 0 aliphatic carbocycles. The SMILES string of the molecule is COc1ccc(C)cc1S(=O)(=O)NCC(=O)NCc1cccc(C)c1. The lowest BCUT2D eigenvalue weighted by Crippen LogP contribution is -2.36. The number of rotatable bonds is 7. The molecule has 0 atom stereocenters. The first-order chi connectivity index (χ1) is 11.8. The van der Waals surface area contributed by atoms with E-state index < -0.39 is 15.9 Å². The number of methoxy groups -OCH3 is 1. The topological polar surface area (TPSA) is 84.5 Å². The number of ether oxygens (including phenoxy) is 1. The van der Waals surface area contributed by atoms with Gasteiger partial charge in [0.2, 0.25) is 15.9 Å². The van der Waals surface area contributed by atoms with Crippen molar-refractivity contribution in [3.05, 3.63) is 59.2 Å². The predicted octanol–water partition coefficient (Wildman–Crippen LogP) is 1.91. The second kappa shape index (κ2) is 8.13. The number of hydrogen-bond acceptors (Lipinski definition) is 4. The molecule has 6 nitrogen and oxygen atoms in total. The van der Waals surface area contributed by atoms with E-state index >= 15 is 0 Å².